The van der Waals surface area contributed by atoms with E-state index in [0.29, 0.717) is 0 Å². The molecule has 3 aliphatic rings. The van der Waals surface area contributed by atoms with Crippen molar-refractivity contribution in [1.29, 1.82) is 0 Å². The van der Waals surface area contributed by atoms with E-state index in [4.69, 9.17) is 0 Å². The van der Waals surface area contributed by atoms with Gasteiger partial charge in [-0.2, -0.15) is 10.2 Å². The Balaban J connectivity index is 1.84. The molecule has 0 aromatic carbocycles. The first-order valence-electron chi connectivity index (χ1n) is 11.8. The van der Waals surface area contributed by atoms with Crippen LogP contribution in [0.15, 0.2) is 49.1 Å². The molecule has 1 saturated heterocycles. The first-order chi connectivity index (χ1) is 13.9. The van der Waals surface area contributed by atoms with E-state index in [1.807, 2.05) is 0 Å². The number of hydrazine groups is 3. The number of fused-ring (bicyclic) bond motifs is 3. The van der Waals surface area contributed by atoms with Crippen molar-refractivity contribution in [1.82, 2.24) is 20.3 Å². The zero-order valence-corrected chi connectivity index (χ0v) is 19.2. The molecule has 4 heteroatoms. The fraction of sp³-hybridized carbons (Fsp3) is 0.680. The number of rotatable bonds is 0. The molecule has 0 radical (unpaired) electrons. The molecule has 0 aromatic heterocycles. The normalized spacial score (nSPS) is 25.5. The summed E-state index contributed by atoms with van der Waals surface area (Å²) in [4.78, 5) is 0. The van der Waals surface area contributed by atoms with Gasteiger partial charge in [0, 0.05) is 31.3 Å². The second-order valence-corrected chi connectivity index (χ2v) is 9.89. The van der Waals surface area contributed by atoms with Crippen LogP contribution in [0.5, 0.6) is 0 Å². The van der Waals surface area contributed by atoms with E-state index < -0.39 is 0 Å². The van der Waals surface area contributed by atoms with Crippen LogP contribution in [0.2, 0.25) is 0 Å². The van der Waals surface area contributed by atoms with Gasteiger partial charge in [-0.15, -0.1) is 0 Å². The van der Waals surface area contributed by atoms with Gasteiger partial charge in [0.1, 0.15) is 0 Å². The van der Waals surface area contributed by atoms with E-state index >= 15 is 0 Å². The number of hydrogen-bond acceptors (Lipinski definition) is 4. The van der Waals surface area contributed by atoms with Crippen LogP contribution in [-0.4, -0.2) is 32.3 Å². The predicted octanol–water partition coefficient (Wildman–Crippen LogP) is 6.74. The molecular formula is C25H42N4. The molecule has 3 rings (SSSR count). The molecule has 0 aromatic rings. The fourth-order valence-electron chi connectivity index (χ4n) is 4.49. The molecule has 29 heavy (non-hydrogen) atoms. The lowest BCUT2D eigenvalue weighted by atomic mass is 9.70. The van der Waals surface area contributed by atoms with Crippen LogP contribution in [0.25, 0.3) is 0 Å². The highest BCUT2D eigenvalue weighted by atomic mass is 16.0. The lowest BCUT2D eigenvalue weighted by Gasteiger charge is -2.56. The summed E-state index contributed by atoms with van der Waals surface area (Å²) in [5.41, 5.74) is 0.164. The van der Waals surface area contributed by atoms with E-state index in [-0.39, 0.29) is 11.0 Å². The molecule has 0 bridgehead atoms. The van der Waals surface area contributed by atoms with Crippen molar-refractivity contribution in [3.05, 3.63) is 49.1 Å². The Kier molecular flexibility index (Phi) is 7.37. The third kappa shape index (κ3) is 5.21. The van der Waals surface area contributed by atoms with Gasteiger partial charge >= 0.3 is 0 Å². The summed E-state index contributed by atoms with van der Waals surface area (Å²) >= 11 is 0. The molecule has 0 spiro atoms. The summed E-state index contributed by atoms with van der Waals surface area (Å²) in [6.07, 6.45) is 30.8. The summed E-state index contributed by atoms with van der Waals surface area (Å²) in [6, 6.07) is 0. The maximum atomic E-state index is 2.44. The van der Waals surface area contributed by atoms with Crippen LogP contribution in [0.4, 0.5) is 0 Å². The Bertz CT molecular complexity index is 629. The third-order valence-electron chi connectivity index (χ3n) is 7.26. The van der Waals surface area contributed by atoms with E-state index in [1.54, 1.807) is 0 Å². The van der Waals surface area contributed by atoms with E-state index in [0.717, 1.165) is 6.54 Å². The molecule has 0 aliphatic carbocycles. The second kappa shape index (κ2) is 9.77. The van der Waals surface area contributed by atoms with Gasteiger partial charge in [-0.05, 0) is 56.4 Å². The summed E-state index contributed by atoms with van der Waals surface area (Å²) in [5, 5.41) is 9.30. The van der Waals surface area contributed by atoms with Gasteiger partial charge in [0.2, 0.25) is 0 Å². The van der Waals surface area contributed by atoms with E-state index in [2.05, 4.69) is 97.1 Å². The average molecular weight is 399 g/mol. The van der Waals surface area contributed by atoms with Crippen molar-refractivity contribution in [2.45, 2.75) is 97.4 Å². The minimum atomic E-state index is -0.0249. The first-order valence-corrected chi connectivity index (χ1v) is 11.8. The maximum Gasteiger partial charge on any atom is 0.0622 e. The van der Waals surface area contributed by atoms with Crippen LogP contribution >= 0.6 is 0 Å². The smallest absolute Gasteiger partial charge is 0.0622 e. The fourth-order valence-corrected chi connectivity index (χ4v) is 4.49. The molecule has 3 heterocycles. The molecule has 3 aliphatic heterocycles. The summed E-state index contributed by atoms with van der Waals surface area (Å²) in [7, 11) is 0. The van der Waals surface area contributed by atoms with E-state index in [9.17, 15) is 0 Å². The highest BCUT2D eigenvalue weighted by Crippen LogP contribution is 2.42. The molecule has 0 N–H and O–H groups in total. The van der Waals surface area contributed by atoms with Crippen molar-refractivity contribution in [2.24, 2.45) is 5.41 Å². The Morgan fingerprint density at radius 3 is 1.76 bits per heavy atom. The minimum absolute atomic E-state index is 0.0249. The van der Waals surface area contributed by atoms with Gasteiger partial charge in [-0.3, -0.25) is 10.0 Å². The van der Waals surface area contributed by atoms with Crippen molar-refractivity contribution in [3.63, 3.8) is 0 Å². The standard InChI is InChI=1S/C25H42N4/c1-24(2)18-12-10-8-6-5-7-9-11-13-19-26-20-14-16-22-28(26)29-23-17-15-21-27(29)25(24,3)4/h14-17,20-23H,5-13,18-19H2,1-4H3. The van der Waals surface area contributed by atoms with Crippen LogP contribution < -0.4 is 0 Å². The molecular weight excluding hydrogens is 356 g/mol. The quantitative estimate of drug-likeness (QED) is 0.448. The summed E-state index contributed by atoms with van der Waals surface area (Å²) in [6.45, 7) is 10.7. The monoisotopic (exact) mass is 398 g/mol. The lowest BCUT2D eigenvalue weighted by Crippen LogP contribution is -2.63. The van der Waals surface area contributed by atoms with Crippen molar-refractivity contribution >= 4 is 0 Å². The van der Waals surface area contributed by atoms with Crippen LogP contribution in [0.1, 0.15) is 91.9 Å². The third-order valence-corrected chi connectivity index (χ3v) is 7.26. The number of allylic oxidation sites excluding steroid dienone is 4. The SMILES string of the molecule is CC1(C)CCCCCCCCCCCN2C=CC=CN2N2C=CC=CN2C1(C)C. The predicted molar refractivity (Wildman–Crippen MR) is 123 cm³/mol. The molecule has 4 nitrogen and oxygen atoms in total. The van der Waals surface area contributed by atoms with Gasteiger partial charge in [-0.25, -0.2) is 0 Å². The minimum Gasteiger partial charge on any atom is -0.273 e. The maximum absolute atomic E-state index is 2.44. The molecule has 0 unspecified atom stereocenters. The Morgan fingerprint density at radius 1 is 0.552 bits per heavy atom. The van der Waals surface area contributed by atoms with Crippen molar-refractivity contribution in [3.8, 4) is 0 Å². The van der Waals surface area contributed by atoms with Crippen molar-refractivity contribution < 1.29 is 0 Å². The van der Waals surface area contributed by atoms with Crippen LogP contribution in [-0.2, 0) is 0 Å². The van der Waals surface area contributed by atoms with Gasteiger partial charge in [0.15, 0.2) is 0 Å². The van der Waals surface area contributed by atoms with Gasteiger partial charge in [0.05, 0.1) is 5.54 Å². The molecule has 0 saturated carbocycles. The summed E-state index contributed by atoms with van der Waals surface area (Å²) in [5.74, 6) is 0. The number of hydrogen-bond donors (Lipinski definition) is 0. The van der Waals surface area contributed by atoms with Gasteiger partial charge in [-0.1, -0.05) is 65.2 Å². The van der Waals surface area contributed by atoms with Gasteiger partial charge in [0.25, 0.3) is 0 Å². The molecule has 162 valence electrons. The topological polar surface area (TPSA) is 13.0 Å². The molecule has 0 amide bonds. The van der Waals surface area contributed by atoms with Gasteiger partial charge < -0.3 is 0 Å². The molecule has 1 fully saturated rings. The largest absolute Gasteiger partial charge is 0.273 e. The Hall–Kier alpha value is -1.84. The van der Waals surface area contributed by atoms with Crippen LogP contribution in [0.3, 0.4) is 0 Å². The first kappa shape index (κ1) is 21.9. The van der Waals surface area contributed by atoms with E-state index in [1.165, 1.54) is 64.2 Å². The Morgan fingerprint density at radius 2 is 1.07 bits per heavy atom. The van der Waals surface area contributed by atoms with Crippen molar-refractivity contribution in [2.75, 3.05) is 6.54 Å². The summed E-state index contributed by atoms with van der Waals surface area (Å²) < 4.78 is 0. The zero-order chi connectivity index (χ0) is 20.7. The zero-order valence-electron chi connectivity index (χ0n) is 19.2. The lowest BCUT2D eigenvalue weighted by molar-refractivity contribution is -0.233. The molecule has 0 atom stereocenters. The second-order valence-electron chi connectivity index (χ2n) is 9.89. The highest BCUT2D eigenvalue weighted by molar-refractivity contribution is 5.12. The Labute approximate surface area is 179 Å². The highest BCUT2D eigenvalue weighted by Gasteiger charge is 2.44. The van der Waals surface area contributed by atoms with Crippen LogP contribution in [0, 0.1) is 5.41 Å². The number of nitrogens with zero attached hydrogens (tertiary/aromatic N) is 4. The average Bonchev–Trinajstić information content (AvgIpc) is 2.71.